The summed E-state index contributed by atoms with van der Waals surface area (Å²) in [5.74, 6) is -0.369. The summed E-state index contributed by atoms with van der Waals surface area (Å²) in [4.78, 5) is 27.7. The number of rotatable bonds is 8. The summed E-state index contributed by atoms with van der Waals surface area (Å²) < 4.78 is 0. The van der Waals surface area contributed by atoms with Crippen molar-refractivity contribution in [1.29, 1.82) is 0 Å². The number of nitrogens with zero attached hydrogens (tertiary/aromatic N) is 1. The fraction of sp³-hybridized carbons (Fsp3) is 0.200. The number of hydrogen-bond donors (Lipinski definition) is 1. The topological polar surface area (TPSA) is 49.4 Å². The molecule has 1 N–H and O–H groups in total. The number of halogens is 2. The van der Waals surface area contributed by atoms with Gasteiger partial charge in [0.2, 0.25) is 11.8 Å². The van der Waals surface area contributed by atoms with E-state index in [1.165, 1.54) is 0 Å². The van der Waals surface area contributed by atoms with E-state index < -0.39 is 6.04 Å². The lowest BCUT2D eigenvalue weighted by atomic mass is 10.1. The van der Waals surface area contributed by atoms with Gasteiger partial charge < -0.3 is 10.2 Å². The van der Waals surface area contributed by atoms with Crippen LogP contribution in [-0.2, 0) is 29.1 Å². The van der Waals surface area contributed by atoms with Crippen molar-refractivity contribution < 1.29 is 9.59 Å². The first-order valence-corrected chi connectivity index (χ1v) is 10.8. The van der Waals surface area contributed by atoms with Crippen LogP contribution < -0.4 is 5.32 Å². The number of carbonyl (C=O) groups is 2. The molecule has 3 aromatic rings. The van der Waals surface area contributed by atoms with Gasteiger partial charge in [-0.05, 0) is 41.8 Å². The molecular formula is C25H24Cl2N2O2. The monoisotopic (exact) mass is 454 g/mol. The molecule has 31 heavy (non-hydrogen) atoms. The molecule has 0 heterocycles. The first-order valence-electron chi connectivity index (χ1n) is 10.0. The zero-order chi connectivity index (χ0) is 22.2. The van der Waals surface area contributed by atoms with E-state index in [-0.39, 0.29) is 18.2 Å². The van der Waals surface area contributed by atoms with Crippen LogP contribution in [0.4, 0.5) is 0 Å². The average molecular weight is 455 g/mol. The van der Waals surface area contributed by atoms with Crippen molar-refractivity contribution in [2.75, 3.05) is 0 Å². The fourth-order valence-corrected chi connectivity index (χ4v) is 3.54. The van der Waals surface area contributed by atoms with E-state index in [4.69, 9.17) is 23.2 Å². The van der Waals surface area contributed by atoms with Gasteiger partial charge in [0.05, 0.1) is 6.42 Å². The molecule has 0 radical (unpaired) electrons. The molecule has 0 aliphatic heterocycles. The van der Waals surface area contributed by atoms with Crippen LogP contribution in [0.5, 0.6) is 0 Å². The van der Waals surface area contributed by atoms with Gasteiger partial charge in [0, 0.05) is 23.1 Å². The Morgan fingerprint density at radius 1 is 0.871 bits per heavy atom. The van der Waals surface area contributed by atoms with Crippen LogP contribution in [0.1, 0.15) is 23.6 Å². The Balaban J connectivity index is 1.73. The van der Waals surface area contributed by atoms with E-state index in [2.05, 4.69) is 5.32 Å². The lowest BCUT2D eigenvalue weighted by Crippen LogP contribution is -2.48. The molecule has 0 aliphatic carbocycles. The van der Waals surface area contributed by atoms with E-state index in [9.17, 15) is 9.59 Å². The number of benzene rings is 3. The minimum absolute atomic E-state index is 0.133. The van der Waals surface area contributed by atoms with Gasteiger partial charge in [-0.25, -0.2) is 0 Å². The molecule has 0 bridgehead atoms. The Hall–Kier alpha value is -2.82. The molecular weight excluding hydrogens is 431 g/mol. The number of amides is 2. The van der Waals surface area contributed by atoms with Crippen molar-refractivity contribution in [2.45, 2.75) is 32.5 Å². The van der Waals surface area contributed by atoms with Crippen molar-refractivity contribution in [3.05, 3.63) is 106 Å². The van der Waals surface area contributed by atoms with Crippen molar-refractivity contribution in [1.82, 2.24) is 10.2 Å². The van der Waals surface area contributed by atoms with Crippen molar-refractivity contribution in [3.63, 3.8) is 0 Å². The van der Waals surface area contributed by atoms with E-state index in [1.807, 2.05) is 60.7 Å². The SMILES string of the molecule is CC(C(=O)NCc1ccccc1Cl)N(Cc1ccccc1)C(=O)Cc1ccc(Cl)cc1. The lowest BCUT2D eigenvalue weighted by Gasteiger charge is -2.29. The van der Waals surface area contributed by atoms with Crippen LogP contribution in [0.3, 0.4) is 0 Å². The lowest BCUT2D eigenvalue weighted by molar-refractivity contribution is -0.140. The summed E-state index contributed by atoms with van der Waals surface area (Å²) in [5, 5.41) is 4.11. The van der Waals surface area contributed by atoms with Gasteiger partial charge in [-0.1, -0.05) is 83.9 Å². The molecule has 3 aromatic carbocycles. The van der Waals surface area contributed by atoms with Gasteiger partial charge in [-0.2, -0.15) is 0 Å². The summed E-state index contributed by atoms with van der Waals surface area (Å²) in [5.41, 5.74) is 2.63. The number of carbonyl (C=O) groups excluding carboxylic acids is 2. The zero-order valence-electron chi connectivity index (χ0n) is 17.2. The third kappa shape index (κ3) is 6.58. The van der Waals surface area contributed by atoms with Gasteiger partial charge in [-0.3, -0.25) is 9.59 Å². The van der Waals surface area contributed by atoms with Gasteiger partial charge in [-0.15, -0.1) is 0 Å². The number of hydrogen-bond acceptors (Lipinski definition) is 2. The highest BCUT2D eigenvalue weighted by atomic mass is 35.5. The van der Waals surface area contributed by atoms with Crippen LogP contribution in [0, 0.1) is 0 Å². The van der Waals surface area contributed by atoms with Crippen LogP contribution in [-0.4, -0.2) is 22.8 Å². The van der Waals surface area contributed by atoms with E-state index in [0.29, 0.717) is 23.1 Å². The molecule has 6 heteroatoms. The maximum atomic E-state index is 13.2. The molecule has 2 amide bonds. The quantitative estimate of drug-likeness (QED) is 0.503. The smallest absolute Gasteiger partial charge is 0.242 e. The van der Waals surface area contributed by atoms with Crippen LogP contribution in [0.15, 0.2) is 78.9 Å². The molecule has 1 atom stereocenters. The summed E-state index contributed by atoms with van der Waals surface area (Å²) in [6, 6.07) is 23.5. The first-order chi connectivity index (χ1) is 14.9. The highest BCUT2D eigenvalue weighted by Crippen LogP contribution is 2.16. The highest BCUT2D eigenvalue weighted by Gasteiger charge is 2.26. The summed E-state index contributed by atoms with van der Waals surface area (Å²) in [6.07, 6.45) is 0.187. The van der Waals surface area contributed by atoms with Crippen LogP contribution >= 0.6 is 23.2 Å². The minimum atomic E-state index is -0.650. The molecule has 3 rings (SSSR count). The third-order valence-corrected chi connectivity index (χ3v) is 5.66. The van der Waals surface area contributed by atoms with Gasteiger partial charge in [0.1, 0.15) is 6.04 Å². The molecule has 0 spiro atoms. The Kier molecular flexibility index (Phi) is 8.10. The van der Waals surface area contributed by atoms with Gasteiger partial charge >= 0.3 is 0 Å². The van der Waals surface area contributed by atoms with Crippen LogP contribution in [0.2, 0.25) is 10.0 Å². The molecule has 0 aromatic heterocycles. The molecule has 0 saturated carbocycles. The molecule has 160 valence electrons. The largest absolute Gasteiger partial charge is 0.350 e. The van der Waals surface area contributed by atoms with E-state index in [1.54, 1.807) is 30.0 Å². The van der Waals surface area contributed by atoms with Crippen molar-refractivity contribution in [3.8, 4) is 0 Å². The third-order valence-electron chi connectivity index (χ3n) is 5.04. The summed E-state index contributed by atoms with van der Waals surface area (Å²) in [6.45, 7) is 2.38. The first kappa shape index (κ1) is 22.9. The van der Waals surface area contributed by atoms with Crippen molar-refractivity contribution in [2.24, 2.45) is 0 Å². The second-order valence-corrected chi connectivity index (χ2v) is 8.14. The Labute approximate surface area is 192 Å². The maximum Gasteiger partial charge on any atom is 0.242 e. The molecule has 4 nitrogen and oxygen atoms in total. The van der Waals surface area contributed by atoms with Crippen LogP contribution in [0.25, 0.3) is 0 Å². The zero-order valence-corrected chi connectivity index (χ0v) is 18.7. The predicted octanol–water partition coefficient (Wildman–Crippen LogP) is 5.27. The standard InChI is InChI=1S/C25H24Cl2N2O2/c1-18(25(31)28-16-21-9-5-6-10-23(21)27)29(17-20-7-3-2-4-8-20)24(30)15-19-11-13-22(26)14-12-19/h2-14,18H,15-17H2,1H3,(H,28,31). The second kappa shape index (κ2) is 11.0. The fourth-order valence-electron chi connectivity index (χ4n) is 3.21. The van der Waals surface area contributed by atoms with E-state index >= 15 is 0 Å². The number of nitrogens with one attached hydrogen (secondary N) is 1. The molecule has 1 unspecified atom stereocenters. The predicted molar refractivity (Wildman–Crippen MR) is 125 cm³/mol. The summed E-state index contributed by atoms with van der Waals surface area (Å²) in [7, 11) is 0. The molecule has 0 aliphatic rings. The Bertz CT molecular complexity index is 1020. The van der Waals surface area contributed by atoms with E-state index in [0.717, 1.165) is 16.7 Å². The summed E-state index contributed by atoms with van der Waals surface area (Å²) >= 11 is 12.1. The Morgan fingerprint density at radius 3 is 2.19 bits per heavy atom. The normalized spacial score (nSPS) is 11.6. The van der Waals surface area contributed by atoms with Gasteiger partial charge in [0.15, 0.2) is 0 Å². The molecule has 0 fully saturated rings. The van der Waals surface area contributed by atoms with Crippen molar-refractivity contribution >= 4 is 35.0 Å². The highest BCUT2D eigenvalue weighted by molar-refractivity contribution is 6.31. The Morgan fingerprint density at radius 2 is 1.52 bits per heavy atom. The second-order valence-electron chi connectivity index (χ2n) is 7.30. The maximum absolute atomic E-state index is 13.2. The van der Waals surface area contributed by atoms with Gasteiger partial charge in [0.25, 0.3) is 0 Å². The average Bonchev–Trinajstić information content (AvgIpc) is 2.78. The minimum Gasteiger partial charge on any atom is -0.350 e. The molecule has 0 saturated heterocycles.